The minimum absolute atomic E-state index is 0.0963. The van der Waals surface area contributed by atoms with Gasteiger partial charge in [-0.15, -0.1) is 10.2 Å². The van der Waals surface area contributed by atoms with Crippen molar-refractivity contribution in [3.63, 3.8) is 0 Å². The summed E-state index contributed by atoms with van der Waals surface area (Å²) in [7, 11) is 4.68. The van der Waals surface area contributed by atoms with Crippen molar-refractivity contribution in [1.29, 1.82) is 0 Å². The fourth-order valence-corrected chi connectivity index (χ4v) is 4.64. The molecule has 0 spiro atoms. The number of nitrogens with zero attached hydrogens (tertiary/aromatic N) is 3. The summed E-state index contributed by atoms with van der Waals surface area (Å²) in [5, 5.41) is 12.2. The molecular formula is C29H30N4O5S. The molecule has 202 valence electrons. The van der Waals surface area contributed by atoms with Crippen LogP contribution in [-0.2, 0) is 11.2 Å². The lowest BCUT2D eigenvalue weighted by Crippen LogP contribution is -2.35. The summed E-state index contributed by atoms with van der Waals surface area (Å²) in [6.45, 7) is 0.664. The van der Waals surface area contributed by atoms with E-state index in [0.29, 0.717) is 40.2 Å². The van der Waals surface area contributed by atoms with E-state index < -0.39 is 0 Å². The van der Waals surface area contributed by atoms with Crippen molar-refractivity contribution in [2.75, 3.05) is 39.7 Å². The molecule has 0 saturated carbocycles. The van der Waals surface area contributed by atoms with Crippen molar-refractivity contribution in [3.8, 4) is 27.8 Å². The molecule has 39 heavy (non-hydrogen) atoms. The van der Waals surface area contributed by atoms with Crippen LogP contribution in [0.4, 0.5) is 5.13 Å². The molecular weight excluding hydrogens is 516 g/mol. The first-order chi connectivity index (χ1) is 19.0. The van der Waals surface area contributed by atoms with E-state index in [4.69, 9.17) is 14.2 Å². The van der Waals surface area contributed by atoms with Gasteiger partial charge in [-0.3, -0.25) is 9.59 Å². The van der Waals surface area contributed by atoms with Gasteiger partial charge in [0.2, 0.25) is 11.0 Å². The number of hydrogen-bond donors (Lipinski definition) is 1. The van der Waals surface area contributed by atoms with Gasteiger partial charge in [-0.25, -0.2) is 0 Å². The van der Waals surface area contributed by atoms with Crippen molar-refractivity contribution in [2.45, 2.75) is 12.8 Å². The number of carbonyl (C=O) groups excluding carboxylic acids is 2. The van der Waals surface area contributed by atoms with Gasteiger partial charge in [0, 0.05) is 36.7 Å². The minimum atomic E-state index is -0.256. The largest absolute Gasteiger partial charge is 0.497 e. The smallest absolute Gasteiger partial charge is 0.254 e. The number of ether oxygens (including phenoxy) is 3. The maximum Gasteiger partial charge on any atom is 0.254 e. The van der Waals surface area contributed by atoms with Crippen LogP contribution < -0.4 is 19.5 Å². The van der Waals surface area contributed by atoms with Crippen molar-refractivity contribution < 1.29 is 23.8 Å². The highest BCUT2D eigenvalue weighted by molar-refractivity contribution is 7.18. The predicted octanol–water partition coefficient (Wildman–Crippen LogP) is 4.94. The quantitative estimate of drug-likeness (QED) is 0.268. The van der Waals surface area contributed by atoms with Crippen LogP contribution in [0.5, 0.6) is 17.2 Å². The van der Waals surface area contributed by atoms with Gasteiger partial charge in [0.05, 0.1) is 21.3 Å². The van der Waals surface area contributed by atoms with Crippen molar-refractivity contribution in [1.82, 2.24) is 15.1 Å². The van der Waals surface area contributed by atoms with Gasteiger partial charge in [-0.05, 0) is 48.4 Å². The summed E-state index contributed by atoms with van der Waals surface area (Å²) in [6, 6.07) is 22.4. The Balaban J connectivity index is 1.43. The van der Waals surface area contributed by atoms with E-state index in [1.54, 1.807) is 30.2 Å². The lowest BCUT2D eigenvalue weighted by molar-refractivity contribution is -0.116. The van der Waals surface area contributed by atoms with E-state index in [1.807, 2.05) is 54.6 Å². The summed E-state index contributed by atoms with van der Waals surface area (Å²) in [5.41, 5.74) is 2.40. The molecule has 0 aliphatic carbocycles. The highest BCUT2D eigenvalue weighted by atomic mass is 32.1. The molecule has 0 saturated heterocycles. The van der Waals surface area contributed by atoms with Crippen molar-refractivity contribution in [3.05, 3.63) is 83.9 Å². The second kappa shape index (κ2) is 13.4. The Morgan fingerprint density at radius 3 is 2.13 bits per heavy atom. The number of amides is 2. The van der Waals surface area contributed by atoms with E-state index in [0.717, 1.165) is 16.9 Å². The number of hydrogen-bond acceptors (Lipinski definition) is 8. The first kappa shape index (κ1) is 27.6. The number of anilines is 1. The van der Waals surface area contributed by atoms with Crippen LogP contribution in [-0.4, -0.2) is 61.3 Å². The van der Waals surface area contributed by atoms with Crippen molar-refractivity contribution in [2.24, 2.45) is 0 Å². The molecule has 2 amide bonds. The third-order valence-corrected chi connectivity index (χ3v) is 6.90. The normalized spacial score (nSPS) is 10.5. The van der Waals surface area contributed by atoms with Crippen LogP contribution in [0.15, 0.2) is 72.8 Å². The SMILES string of the molecule is COc1ccc(-c2nnc(NC(=O)CCN(CCc3ccccc3)C(=O)c3cc(OC)cc(OC)c3)s2)cc1. The average molecular weight is 547 g/mol. The minimum Gasteiger partial charge on any atom is -0.497 e. The van der Waals surface area contributed by atoms with Crippen molar-refractivity contribution >= 4 is 28.3 Å². The van der Waals surface area contributed by atoms with Gasteiger partial charge in [0.25, 0.3) is 5.91 Å². The lowest BCUT2D eigenvalue weighted by Gasteiger charge is -2.23. The zero-order chi connectivity index (χ0) is 27.6. The number of methoxy groups -OCH3 is 3. The van der Waals surface area contributed by atoms with Gasteiger partial charge in [-0.2, -0.15) is 0 Å². The fourth-order valence-electron chi connectivity index (χ4n) is 3.88. The molecule has 4 rings (SSSR count). The Kier molecular flexibility index (Phi) is 9.47. The Bertz CT molecular complexity index is 1370. The first-order valence-corrected chi connectivity index (χ1v) is 13.1. The standard InChI is InChI=1S/C29H30N4O5S/c1-36-23-11-9-21(10-12-23)27-31-32-29(39-27)30-26(34)14-16-33(15-13-20-7-5-4-6-8-20)28(35)22-17-24(37-2)19-25(18-22)38-3/h4-12,17-19H,13-16H2,1-3H3,(H,30,32,34). The molecule has 9 nitrogen and oxygen atoms in total. The summed E-state index contributed by atoms with van der Waals surface area (Å²) in [4.78, 5) is 28.0. The molecule has 0 fully saturated rings. The second-order valence-electron chi connectivity index (χ2n) is 8.57. The maximum absolute atomic E-state index is 13.5. The van der Waals surface area contributed by atoms with Gasteiger partial charge < -0.3 is 24.4 Å². The van der Waals surface area contributed by atoms with E-state index in [1.165, 1.54) is 25.6 Å². The molecule has 0 atom stereocenters. The van der Waals surface area contributed by atoms with Crippen LogP contribution >= 0.6 is 11.3 Å². The van der Waals surface area contributed by atoms with Gasteiger partial charge in [-0.1, -0.05) is 41.7 Å². The highest BCUT2D eigenvalue weighted by Gasteiger charge is 2.20. The second-order valence-corrected chi connectivity index (χ2v) is 9.55. The third-order valence-electron chi connectivity index (χ3n) is 6.02. The number of nitrogens with one attached hydrogen (secondary N) is 1. The highest BCUT2D eigenvalue weighted by Crippen LogP contribution is 2.28. The number of benzene rings is 3. The van der Waals surface area contributed by atoms with E-state index in [9.17, 15) is 9.59 Å². The summed E-state index contributed by atoms with van der Waals surface area (Å²) >= 11 is 1.28. The summed E-state index contributed by atoms with van der Waals surface area (Å²) in [5.74, 6) is 1.31. The zero-order valence-corrected chi connectivity index (χ0v) is 22.9. The Morgan fingerprint density at radius 2 is 1.49 bits per heavy atom. The number of rotatable bonds is 12. The molecule has 0 unspecified atom stereocenters. The van der Waals surface area contributed by atoms with E-state index >= 15 is 0 Å². The Morgan fingerprint density at radius 1 is 0.821 bits per heavy atom. The first-order valence-electron chi connectivity index (χ1n) is 12.3. The summed E-state index contributed by atoms with van der Waals surface area (Å²) in [6.07, 6.45) is 0.746. The molecule has 0 radical (unpaired) electrons. The van der Waals surface area contributed by atoms with Gasteiger partial charge >= 0.3 is 0 Å². The Hall–Kier alpha value is -4.44. The topological polar surface area (TPSA) is 103 Å². The molecule has 1 heterocycles. The number of carbonyl (C=O) groups is 2. The molecule has 3 aromatic carbocycles. The van der Waals surface area contributed by atoms with Gasteiger partial charge in [0.1, 0.15) is 22.3 Å². The molecule has 0 aliphatic heterocycles. The monoisotopic (exact) mass is 546 g/mol. The summed E-state index contributed by atoms with van der Waals surface area (Å²) < 4.78 is 15.9. The van der Waals surface area contributed by atoms with Crippen LogP contribution in [0.1, 0.15) is 22.3 Å². The molecule has 1 aromatic heterocycles. The van der Waals surface area contributed by atoms with Gasteiger partial charge in [0.15, 0.2) is 0 Å². The third kappa shape index (κ3) is 7.55. The fraction of sp³-hybridized carbons (Fsp3) is 0.241. The predicted molar refractivity (Wildman–Crippen MR) is 151 cm³/mol. The molecule has 10 heteroatoms. The van der Waals surface area contributed by atoms with Crippen LogP contribution in [0.3, 0.4) is 0 Å². The van der Waals surface area contributed by atoms with Crippen LogP contribution in [0, 0.1) is 0 Å². The Labute approximate surface area is 231 Å². The van der Waals surface area contributed by atoms with Crippen LogP contribution in [0.25, 0.3) is 10.6 Å². The molecule has 4 aromatic rings. The van der Waals surface area contributed by atoms with E-state index in [2.05, 4.69) is 15.5 Å². The molecule has 0 bridgehead atoms. The molecule has 0 aliphatic rings. The number of aromatic nitrogens is 2. The van der Waals surface area contributed by atoms with Crippen LogP contribution in [0.2, 0.25) is 0 Å². The zero-order valence-electron chi connectivity index (χ0n) is 22.0. The lowest BCUT2D eigenvalue weighted by atomic mass is 10.1. The molecule has 1 N–H and O–H groups in total. The van der Waals surface area contributed by atoms with E-state index in [-0.39, 0.29) is 24.8 Å². The maximum atomic E-state index is 13.5. The average Bonchev–Trinajstić information content (AvgIpc) is 3.45.